The van der Waals surface area contributed by atoms with E-state index in [1.807, 2.05) is 0 Å². The monoisotopic (exact) mass is 90.0 g/mol. The van der Waals surface area contributed by atoms with E-state index in [4.69, 9.17) is 4.79 Å². The number of halogens is 1. The Balaban J connectivity index is 0. The Hall–Kier alpha value is 0.726. The summed E-state index contributed by atoms with van der Waals surface area (Å²) < 4.78 is 0. The molecule has 0 aliphatic rings. The van der Waals surface area contributed by atoms with Crippen molar-refractivity contribution in [3.63, 3.8) is 0 Å². The minimum absolute atomic E-state index is 0. The SMILES string of the molecule is O=CCl.[MgH2]. The largest absolute Gasteiger partial charge is 0.316 e. The van der Waals surface area contributed by atoms with Gasteiger partial charge in [-0.05, 0) is 11.6 Å². The molecule has 0 bridgehead atoms. The van der Waals surface area contributed by atoms with E-state index in [2.05, 4.69) is 11.6 Å². The lowest BCUT2D eigenvalue weighted by atomic mass is 11.8. The fourth-order valence-corrected chi connectivity index (χ4v) is 0. The van der Waals surface area contributed by atoms with Crippen LogP contribution in [0.5, 0.6) is 0 Å². The second kappa shape index (κ2) is 9.29. The van der Waals surface area contributed by atoms with E-state index in [1.54, 1.807) is 0 Å². The molecule has 0 aromatic carbocycles. The smallest absolute Gasteiger partial charge is 0.285 e. The molecule has 4 heavy (non-hydrogen) atoms. The van der Waals surface area contributed by atoms with Gasteiger partial charge in [0.1, 0.15) is 0 Å². The first-order valence-electron chi connectivity index (χ1n) is 0.454. The van der Waals surface area contributed by atoms with Crippen LogP contribution in [0.4, 0.5) is 0 Å². The summed E-state index contributed by atoms with van der Waals surface area (Å²) in [5, 5.41) is 0. The summed E-state index contributed by atoms with van der Waals surface area (Å²) in [6.07, 6.45) is 0. The van der Waals surface area contributed by atoms with Gasteiger partial charge in [0.2, 0.25) is 5.75 Å². The zero-order valence-electron chi connectivity index (χ0n) is 1.36. The fourth-order valence-electron chi connectivity index (χ4n) is 0. The van der Waals surface area contributed by atoms with Gasteiger partial charge in [0.05, 0.1) is 0 Å². The Morgan fingerprint density at radius 1 is 1.75 bits per heavy atom. The van der Waals surface area contributed by atoms with Gasteiger partial charge in [-0.3, -0.25) is 4.79 Å². The van der Waals surface area contributed by atoms with Crippen LogP contribution in [0.1, 0.15) is 0 Å². The van der Waals surface area contributed by atoms with Gasteiger partial charge in [-0.1, -0.05) is 0 Å². The first-order chi connectivity index (χ1) is 1.41. The minimum Gasteiger partial charge on any atom is -0.285 e. The third-order valence-corrected chi connectivity index (χ3v) is 0. The summed E-state index contributed by atoms with van der Waals surface area (Å²) in [4.78, 5) is 8.57. The van der Waals surface area contributed by atoms with Crippen LogP contribution < -0.4 is 0 Å². The second-order valence-electron chi connectivity index (χ2n) is 0.0891. The van der Waals surface area contributed by atoms with Gasteiger partial charge < -0.3 is 0 Å². The Morgan fingerprint density at radius 3 is 1.75 bits per heavy atom. The third-order valence-electron chi connectivity index (χ3n) is 0. The fraction of sp³-hybridized carbons (Fsp3) is 0. The van der Waals surface area contributed by atoms with E-state index in [-0.39, 0.29) is 28.8 Å². The Bertz CT molecular complexity index is 15.5. The third kappa shape index (κ3) is 15.4. The van der Waals surface area contributed by atoms with Gasteiger partial charge in [-0.25, -0.2) is 0 Å². The van der Waals surface area contributed by atoms with Crippen LogP contribution in [0.3, 0.4) is 0 Å². The molecule has 3 heteroatoms. The lowest BCUT2D eigenvalue weighted by Gasteiger charge is -1.20. The molecule has 1 nitrogen and oxygen atoms in total. The Labute approximate surface area is 45.5 Å². The molecule has 0 spiro atoms. The zero-order chi connectivity index (χ0) is 2.71. The number of carbonyl (C=O) groups is 1. The highest BCUT2D eigenvalue weighted by Gasteiger charge is 1.28. The summed E-state index contributed by atoms with van der Waals surface area (Å²) in [5.74, 6) is 0.222. The van der Waals surface area contributed by atoms with Crippen LogP contribution in [0.2, 0.25) is 0 Å². The molecule has 0 rings (SSSR count). The summed E-state index contributed by atoms with van der Waals surface area (Å²) in [6.45, 7) is 0. The molecule has 0 atom stereocenters. The number of rotatable bonds is 0. The standard InChI is InChI=1S/CHClO.Mg.2H/c2-1-3;;;/h1H;;;. The molecule has 0 aliphatic heterocycles. The summed E-state index contributed by atoms with van der Waals surface area (Å²) in [5.41, 5.74) is 0. The summed E-state index contributed by atoms with van der Waals surface area (Å²) in [6, 6.07) is 0. The van der Waals surface area contributed by atoms with Gasteiger partial charge in [0, 0.05) is 0 Å². The number of hydrogen-bond donors (Lipinski definition) is 0. The Kier molecular flexibility index (Phi) is 20.5. The van der Waals surface area contributed by atoms with Gasteiger partial charge >= 0.3 is 23.1 Å². The first-order valence-corrected chi connectivity index (χ1v) is 0.890. The van der Waals surface area contributed by atoms with Crippen molar-refractivity contribution in [2.45, 2.75) is 0 Å². The lowest BCUT2D eigenvalue weighted by Crippen LogP contribution is -1.24. The highest BCUT2D eigenvalue weighted by atomic mass is 35.5. The van der Waals surface area contributed by atoms with Crippen LogP contribution in [0.15, 0.2) is 0 Å². The average Bonchev–Trinajstić information content (AvgIpc) is 0.918. The molecule has 0 saturated heterocycles. The van der Waals surface area contributed by atoms with Gasteiger partial charge in [0.25, 0.3) is 0 Å². The molecule has 22 valence electrons. The number of hydrogen-bond acceptors (Lipinski definition) is 1. The van der Waals surface area contributed by atoms with Crippen LogP contribution in [-0.2, 0) is 4.79 Å². The van der Waals surface area contributed by atoms with Crippen LogP contribution >= 0.6 is 11.6 Å². The molecule has 0 aromatic rings. The summed E-state index contributed by atoms with van der Waals surface area (Å²) >= 11 is 4.32. The molecular weight excluding hydrogens is 87.8 g/mol. The predicted molar refractivity (Wildman–Crippen MR) is 21.1 cm³/mol. The highest BCUT2D eigenvalue weighted by Crippen LogP contribution is 1.42. The molecule has 0 amide bonds. The first kappa shape index (κ1) is 8.83. The molecule has 0 aliphatic carbocycles. The van der Waals surface area contributed by atoms with Gasteiger partial charge in [-0.15, -0.1) is 0 Å². The zero-order valence-corrected chi connectivity index (χ0v) is 2.12. The molecule has 0 N–H and O–H groups in total. The van der Waals surface area contributed by atoms with E-state index in [9.17, 15) is 0 Å². The van der Waals surface area contributed by atoms with E-state index < -0.39 is 0 Å². The van der Waals surface area contributed by atoms with Gasteiger partial charge in [0.15, 0.2) is 0 Å². The molecule has 0 aromatic heterocycles. The maximum Gasteiger partial charge on any atom is 0.316 e. The maximum absolute atomic E-state index is 8.57. The number of carbonyl (C=O) groups excluding carboxylic acids is 1. The van der Waals surface area contributed by atoms with E-state index >= 15 is 0 Å². The van der Waals surface area contributed by atoms with E-state index in [1.165, 1.54) is 0 Å². The van der Waals surface area contributed by atoms with Crippen LogP contribution in [-0.4, -0.2) is 28.8 Å². The van der Waals surface area contributed by atoms with Crippen LogP contribution in [0, 0.1) is 0 Å². The molecule has 0 saturated carbocycles. The Morgan fingerprint density at radius 2 is 1.75 bits per heavy atom. The molecule has 0 fully saturated rings. The lowest BCUT2D eigenvalue weighted by molar-refractivity contribution is 0.569. The van der Waals surface area contributed by atoms with Crippen molar-refractivity contribution in [3.05, 3.63) is 0 Å². The minimum atomic E-state index is 0. The van der Waals surface area contributed by atoms with Crippen molar-refractivity contribution in [2.24, 2.45) is 0 Å². The van der Waals surface area contributed by atoms with Crippen molar-refractivity contribution in [1.82, 2.24) is 0 Å². The normalized spacial score (nSPS) is 3.25. The molecule has 0 radical (unpaired) electrons. The molecule has 0 heterocycles. The van der Waals surface area contributed by atoms with Gasteiger partial charge in [-0.2, -0.15) is 0 Å². The van der Waals surface area contributed by atoms with E-state index in [0.29, 0.717) is 0 Å². The van der Waals surface area contributed by atoms with Crippen molar-refractivity contribution < 1.29 is 4.79 Å². The quantitative estimate of drug-likeness (QED) is 0.223. The maximum atomic E-state index is 8.57. The topological polar surface area (TPSA) is 17.1 Å². The van der Waals surface area contributed by atoms with Crippen molar-refractivity contribution >= 4 is 40.4 Å². The van der Waals surface area contributed by atoms with Crippen molar-refractivity contribution in [3.8, 4) is 0 Å². The van der Waals surface area contributed by atoms with Crippen molar-refractivity contribution in [1.29, 1.82) is 0 Å². The second-order valence-corrected chi connectivity index (χ2v) is 0.267. The van der Waals surface area contributed by atoms with Crippen molar-refractivity contribution in [2.75, 3.05) is 0 Å². The predicted octanol–water partition coefficient (Wildman–Crippen LogP) is -0.501. The average molecular weight is 90.8 g/mol. The highest BCUT2D eigenvalue weighted by molar-refractivity contribution is 6.54. The molecule has 0 unspecified atom stereocenters. The molecular formula is CH3ClMgO. The van der Waals surface area contributed by atoms with E-state index in [0.717, 1.165) is 0 Å². The van der Waals surface area contributed by atoms with Crippen LogP contribution in [0.25, 0.3) is 0 Å². The summed E-state index contributed by atoms with van der Waals surface area (Å²) in [7, 11) is 0.